The van der Waals surface area contributed by atoms with Gasteiger partial charge in [-0.05, 0) is 25.0 Å². The molecule has 2 heterocycles. The van der Waals surface area contributed by atoms with Crippen molar-refractivity contribution in [1.29, 1.82) is 0 Å². The second-order valence-corrected chi connectivity index (χ2v) is 6.07. The number of likely N-dealkylation sites (tertiary alicyclic amines) is 1. The van der Waals surface area contributed by atoms with E-state index >= 15 is 0 Å². The molecular weight excluding hydrogens is 299 g/mol. The minimum atomic E-state index is -0.931. The summed E-state index contributed by atoms with van der Waals surface area (Å²) in [4.78, 5) is 2.11. The highest BCUT2D eigenvalue weighted by atomic mass is 19.1. The Kier molecular flexibility index (Phi) is 4.63. The molecule has 1 aromatic carbocycles. The normalized spacial score (nSPS) is 21.7. The zero-order valence-corrected chi connectivity index (χ0v) is 13.2. The molecule has 0 unspecified atom stereocenters. The van der Waals surface area contributed by atoms with Crippen LogP contribution in [0.5, 0.6) is 5.75 Å². The first-order chi connectivity index (χ1) is 11.1. The summed E-state index contributed by atoms with van der Waals surface area (Å²) in [5, 5.41) is 14.6. The molecule has 1 N–H and O–H groups in total. The van der Waals surface area contributed by atoms with Crippen molar-refractivity contribution < 1.29 is 18.8 Å². The Labute approximate surface area is 134 Å². The fourth-order valence-electron chi connectivity index (χ4n) is 2.79. The summed E-state index contributed by atoms with van der Waals surface area (Å²) in [5.41, 5.74) is 0.00353. The van der Waals surface area contributed by atoms with Gasteiger partial charge in [-0.1, -0.05) is 18.1 Å². The second-order valence-electron chi connectivity index (χ2n) is 6.07. The van der Waals surface area contributed by atoms with Crippen molar-refractivity contribution in [2.45, 2.75) is 31.9 Å². The molecule has 1 saturated heterocycles. The zero-order valence-electron chi connectivity index (χ0n) is 13.2. The predicted molar refractivity (Wildman–Crippen MR) is 82.6 cm³/mol. The van der Waals surface area contributed by atoms with E-state index in [9.17, 15) is 9.50 Å². The van der Waals surface area contributed by atoms with Crippen molar-refractivity contribution in [3.63, 3.8) is 0 Å². The maximum absolute atomic E-state index is 13.1. The lowest BCUT2D eigenvalue weighted by atomic mass is 10.1. The van der Waals surface area contributed by atoms with Crippen LogP contribution in [0, 0.1) is 5.82 Å². The Morgan fingerprint density at radius 2 is 2.30 bits per heavy atom. The number of aryl methyl sites for hydroxylation is 1. The molecule has 0 bridgehead atoms. The maximum atomic E-state index is 13.1. The van der Waals surface area contributed by atoms with E-state index < -0.39 is 5.60 Å². The fourth-order valence-corrected chi connectivity index (χ4v) is 2.79. The van der Waals surface area contributed by atoms with Gasteiger partial charge in [0.2, 0.25) is 0 Å². The summed E-state index contributed by atoms with van der Waals surface area (Å²) in [6, 6.07) is 7.89. The predicted octanol–water partition coefficient (Wildman–Crippen LogP) is 2.39. The number of hydrogen-bond acceptors (Lipinski definition) is 5. The molecule has 0 amide bonds. The number of nitrogens with zero attached hydrogens (tertiary/aromatic N) is 2. The minimum Gasteiger partial charge on any atom is -0.490 e. The maximum Gasteiger partial charge on any atom is 0.150 e. The number of benzene rings is 1. The highest BCUT2D eigenvalue weighted by molar-refractivity contribution is 5.22. The lowest BCUT2D eigenvalue weighted by Gasteiger charge is -2.23. The third-order valence-electron chi connectivity index (χ3n) is 4.06. The highest BCUT2D eigenvalue weighted by Gasteiger charge is 2.37. The standard InChI is InChI=1S/C17H21FN2O3/c1-2-14-9-16(23-19-14)10-20-7-6-17(21,11-20)12-22-15-5-3-4-13(18)8-15/h3-5,8-9,21H,2,6-7,10-12H2,1H3/t17-/m0/s1. The Morgan fingerprint density at radius 3 is 3.04 bits per heavy atom. The topological polar surface area (TPSA) is 58.7 Å². The van der Waals surface area contributed by atoms with Gasteiger partial charge in [0.1, 0.15) is 23.8 Å². The van der Waals surface area contributed by atoms with Gasteiger partial charge in [-0.2, -0.15) is 0 Å². The second kappa shape index (κ2) is 6.68. The molecule has 0 aliphatic carbocycles. The van der Waals surface area contributed by atoms with Gasteiger partial charge in [0.15, 0.2) is 5.76 Å². The number of rotatable bonds is 6. The average Bonchev–Trinajstić information content (AvgIpc) is 3.13. The largest absolute Gasteiger partial charge is 0.490 e. The molecule has 1 fully saturated rings. The van der Waals surface area contributed by atoms with Gasteiger partial charge in [-0.15, -0.1) is 0 Å². The lowest BCUT2D eigenvalue weighted by molar-refractivity contribution is 0.00277. The van der Waals surface area contributed by atoms with Crippen LogP contribution < -0.4 is 4.74 Å². The Morgan fingerprint density at radius 1 is 1.43 bits per heavy atom. The molecule has 23 heavy (non-hydrogen) atoms. The smallest absolute Gasteiger partial charge is 0.150 e. The van der Waals surface area contributed by atoms with Crippen LogP contribution in [0.1, 0.15) is 24.8 Å². The van der Waals surface area contributed by atoms with Crippen LogP contribution >= 0.6 is 0 Å². The first kappa shape index (κ1) is 16.0. The molecular formula is C17H21FN2O3. The Balaban J connectivity index is 1.53. The third kappa shape index (κ3) is 4.09. The van der Waals surface area contributed by atoms with E-state index in [0.717, 1.165) is 24.4 Å². The van der Waals surface area contributed by atoms with Crippen molar-refractivity contribution in [1.82, 2.24) is 10.1 Å². The summed E-state index contributed by atoms with van der Waals surface area (Å²) >= 11 is 0. The monoisotopic (exact) mass is 320 g/mol. The van der Waals surface area contributed by atoms with Gasteiger partial charge >= 0.3 is 0 Å². The van der Waals surface area contributed by atoms with E-state index in [0.29, 0.717) is 25.3 Å². The van der Waals surface area contributed by atoms with Crippen LogP contribution in [0.25, 0.3) is 0 Å². The SMILES string of the molecule is CCc1cc(CN2CC[C@@](O)(COc3cccc(F)c3)C2)on1. The van der Waals surface area contributed by atoms with Gasteiger partial charge in [-0.25, -0.2) is 4.39 Å². The number of β-amino-alcohol motifs (C(OH)–C–C–N with tert-alkyl or cyclic N) is 1. The third-order valence-corrected chi connectivity index (χ3v) is 4.06. The van der Waals surface area contributed by atoms with Gasteiger partial charge < -0.3 is 14.4 Å². The van der Waals surface area contributed by atoms with E-state index in [1.165, 1.54) is 12.1 Å². The number of hydrogen-bond donors (Lipinski definition) is 1. The molecule has 5 nitrogen and oxygen atoms in total. The summed E-state index contributed by atoms with van der Waals surface area (Å²) in [5.74, 6) is 0.886. The van der Waals surface area contributed by atoms with Crippen molar-refractivity contribution in [3.8, 4) is 5.75 Å². The Bertz CT molecular complexity index is 661. The van der Waals surface area contributed by atoms with Crippen LogP contribution in [-0.2, 0) is 13.0 Å². The van der Waals surface area contributed by atoms with Crippen LogP contribution in [-0.4, -0.2) is 40.5 Å². The van der Waals surface area contributed by atoms with Crippen LogP contribution in [0.3, 0.4) is 0 Å². The zero-order chi connectivity index (χ0) is 16.3. The molecule has 0 saturated carbocycles. The molecule has 1 atom stereocenters. The van der Waals surface area contributed by atoms with Gasteiger partial charge in [0.25, 0.3) is 0 Å². The van der Waals surface area contributed by atoms with Crippen molar-refractivity contribution in [3.05, 3.63) is 47.6 Å². The molecule has 6 heteroatoms. The van der Waals surface area contributed by atoms with Crippen molar-refractivity contribution in [2.24, 2.45) is 0 Å². The van der Waals surface area contributed by atoms with E-state index in [1.54, 1.807) is 12.1 Å². The minimum absolute atomic E-state index is 0.142. The quantitative estimate of drug-likeness (QED) is 0.885. The number of halogens is 1. The van der Waals surface area contributed by atoms with E-state index in [1.807, 2.05) is 13.0 Å². The number of aliphatic hydroxyl groups is 1. The van der Waals surface area contributed by atoms with Gasteiger partial charge in [-0.3, -0.25) is 4.90 Å². The number of aromatic nitrogens is 1. The fraction of sp³-hybridized carbons (Fsp3) is 0.471. The molecule has 3 rings (SSSR count). The van der Waals surface area contributed by atoms with Crippen LogP contribution in [0.4, 0.5) is 4.39 Å². The van der Waals surface area contributed by atoms with Crippen LogP contribution in [0.2, 0.25) is 0 Å². The molecule has 2 aromatic rings. The Hall–Kier alpha value is -1.92. The first-order valence-electron chi connectivity index (χ1n) is 7.84. The lowest BCUT2D eigenvalue weighted by Crippen LogP contribution is -2.39. The first-order valence-corrected chi connectivity index (χ1v) is 7.84. The summed E-state index contributed by atoms with van der Waals surface area (Å²) < 4.78 is 24.0. The molecule has 0 radical (unpaired) electrons. The van der Waals surface area contributed by atoms with E-state index in [-0.39, 0.29) is 12.4 Å². The average molecular weight is 320 g/mol. The molecule has 1 aliphatic rings. The summed E-state index contributed by atoms with van der Waals surface area (Å²) in [6.45, 7) is 4.04. The summed E-state index contributed by atoms with van der Waals surface area (Å²) in [7, 11) is 0. The molecule has 124 valence electrons. The summed E-state index contributed by atoms with van der Waals surface area (Å²) in [6.07, 6.45) is 1.45. The van der Waals surface area contributed by atoms with Crippen molar-refractivity contribution >= 4 is 0 Å². The number of ether oxygens (including phenoxy) is 1. The van der Waals surface area contributed by atoms with E-state index in [4.69, 9.17) is 9.26 Å². The van der Waals surface area contributed by atoms with Gasteiger partial charge in [0.05, 0.1) is 12.2 Å². The van der Waals surface area contributed by atoms with E-state index in [2.05, 4.69) is 10.1 Å². The molecule has 1 aromatic heterocycles. The van der Waals surface area contributed by atoms with Gasteiger partial charge in [0, 0.05) is 25.2 Å². The molecule has 1 aliphatic heterocycles. The van der Waals surface area contributed by atoms with Crippen LogP contribution in [0.15, 0.2) is 34.9 Å². The molecule has 0 spiro atoms. The highest BCUT2D eigenvalue weighted by Crippen LogP contribution is 2.25. The van der Waals surface area contributed by atoms with Crippen molar-refractivity contribution in [2.75, 3.05) is 19.7 Å².